The Labute approximate surface area is 148 Å². The van der Waals surface area contributed by atoms with Gasteiger partial charge in [0.2, 0.25) is 0 Å². The monoisotopic (exact) mass is 339 g/mol. The van der Waals surface area contributed by atoms with Gasteiger partial charge in [-0.1, -0.05) is 0 Å². The lowest BCUT2D eigenvalue weighted by Crippen LogP contribution is -2.51. The highest BCUT2D eigenvalue weighted by molar-refractivity contribution is 5.93. The molecule has 1 aliphatic heterocycles. The van der Waals surface area contributed by atoms with Gasteiger partial charge in [0.1, 0.15) is 17.8 Å². The van der Waals surface area contributed by atoms with Crippen LogP contribution in [-0.2, 0) is 7.05 Å². The molecule has 0 N–H and O–H groups in total. The fourth-order valence-corrected chi connectivity index (χ4v) is 4.32. The van der Waals surface area contributed by atoms with Crippen LogP contribution < -0.4 is 4.90 Å². The van der Waals surface area contributed by atoms with Crippen molar-refractivity contribution in [2.45, 2.75) is 32.2 Å². The molecule has 0 aromatic carbocycles. The third-order valence-corrected chi connectivity index (χ3v) is 5.92. The SMILES string of the molecule is Cc1cc(N(C)C2CC3(CCN(C(=O)c4cccn4C)C3)C2)ncn1. The zero-order valence-corrected chi connectivity index (χ0v) is 15.1. The van der Waals surface area contributed by atoms with Gasteiger partial charge in [0.05, 0.1) is 0 Å². The molecule has 3 heterocycles. The van der Waals surface area contributed by atoms with Gasteiger partial charge in [-0.3, -0.25) is 4.79 Å². The number of aromatic nitrogens is 3. The number of hydrogen-bond acceptors (Lipinski definition) is 4. The molecule has 1 amide bonds. The second-order valence-corrected chi connectivity index (χ2v) is 7.67. The minimum absolute atomic E-state index is 0.160. The van der Waals surface area contributed by atoms with Crippen molar-refractivity contribution in [1.29, 1.82) is 0 Å². The molecule has 132 valence electrons. The summed E-state index contributed by atoms with van der Waals surface area (Å²) < 4.78 is 1.90. The Morgan fingerprint density at radius 3 is 2.84 bits per heavy atom. The molecule has 2 aromatic rings. The van der Waals surface area contributed by atoms with Crippen LogP contribution in [0.3, 0.4) is 0 Å². The number of likely N-dealkylation sites (tertiary alicyclic amines) is 1. The van der Waals surface area contributed by atoms with Crippen LogP contribution in [0.2, 0.25) is 0 Å². The largest absolute Gasteiger partial charge is 0.357 e. The molecule has 1 saturated heterocycles. The molecule has 0 radical (unpaired) electrons. The molecular weight excluding hydrogens is 314 g/mol. The van der Waals surface area contributed by atoms with Gasteiger partial charge < -0.3 is 14.4 Å². The number of anilines is 1. The Kier molecular flexibility index (Phi) is 3.78. The summed E-state index contributed by atoms with van der Waals surface area (Å²) in [5.74, 6) is 1.15. The van der Waals surface area contributed by atoms with Crippen molar-refractivity contribution in [3.05, 3.63) is 42.1 Å². The lowest BCUT2D eigenvalue weighted by molar-refractivity contribution is 0.0690. The summed E-state index contributed by atoms with van der Waals surface area (Å²) in [7, 11) is 4.04. The van der Waals surface area contributed by atoms with E-state index in [4.69, 9.17) is 0 Å². The Hall–Kier alpha value is -2.37. The summed E-state index contributed by atoms with van der Waals surface area (Å²) in [6.07, 6.45) is 6.92. The molecule has 2 aliphatic rings. The van der Waals surface area contributed by atoms with Crippen molar-refractivity contribution < 1.29 is 4.79 Å². The average molecular weight is 339 g/mol. The fourth-order valence-electron chi connectivity index (χ4n) is 4.32. The van der Waals surface area contributed by atoms with E-state index >= 15 is 0 Å². The van der Waals surface area contributed by atoms with Gasteiger partial charge in [0.15, 0.2) is 0 Å². The van der Waals surface area contributed by atoms with Crippen LogP contribution in [0, 0.1) is 12.3 Å². The number of carbonyl (C=O) groups excluding carboxylic acids is 1. The highest BCUT2D eigenvalue weighted by Gasteiger charge is 2.50. The van der Waals surface area contributed by atoms with E-state index in [0.29, 0.717) is 11.5 Å². The quantitative estimate of drug-likeness (QED) is 0.861. The number of nitrogens with zero attached hydrogens (tertiary/aromatic N) is 5. The van der Waals surface area contributed by atoms with Gasteiger partial charge in [-0.2, -0.15) is 0 Å². The van der Waals surface area contributed by atoms with Crippen molar-refractivity contribution in [3.8, 4) is 0 Å². The molecule has 0 unspecified atom stereocenters. The Bertz CT molecular complexity index is 793. The van der Waals surface area contributed by atoms with Gasteiger partial charge in [-0.15, -0.1) is 0 Å². The van der Waals surface area contributed by atoms with Crippen molar-refractivity contribution in [3.63, 3.8) is 0 Å². The van der Waals surface area contributed by atoms with E-state index in [1.165, 1.54) is 0 Å². The third-order valence-electron chi connectivity index (χ3n) is 5.92. The van der Waals surface area contributed by atoms with E-state index in [1.54, 1.807) is 6.33 Å². The molecule has 6 heteroatoms. The summed E-state index contributed by atoms with van der Waals surface area (Å²) in [5, 5.41) is 0. The first-order valence-electron chi connectivity index (χ1n) is 8.90. The van der Waals surface area contributed by atoms with E-state index < -0.39 is 0 Å². The van der Waals surface area contributed by atoms with E-state index in [0.717, 1.165) is 49.6 Å². The highest BCUT2D eigenvalue weighted by Crippen LogP contribution is 2.50. The van der Waals surface area contributed by atoms with Crippen molar-refractivity contribution in [1.82, 2.24) is 19.4 Å². The second-order valence-electron chi connectivity index (χ2n) is 7.67. The predicted molar refractivity (Wildman–Crippen MR) is 96.6 cm³/mol. The lowest BCUT2D eigenvalue weighted by atomic mass is 9.64. The molecule has 1 saturated carbocycles. The maximum Gasteiger partial charge on any atom is 0.270 e. The van der Waals surface area contributed by atoms with Crippen LogP contribution in [-0.4, -0.2) is 51.5 Å². The minimum atomic E-state index is 0.160. The molecule has 0 atom stereocenters. The van der Waals surface area contributed by atoms with Crippen LogP contribution in [0.1, 0.15) is 35.4 Å². The smallest absolute Gasteiger partial charge is 0.270 e. The average Bonchev–Trinajstić information content (AvgIpc) is 3.19. The normalized spacial score (nSPS) is 25.2. The van der Waals surface area contributed by atoms with Crippen molar-refractivity contribution >= 4 is 11.7 Å². The van der Waals surface area contributed by atoms with E-state index in [9.17, 15) is 4.79 Å². The summed E-state index contributed by atoms with van der Waals surface area (Å²) in [4.78, 5) is 25.6. The standard InChI is InChI=1S/C19H25N5O/c1-14-9-17(21-13-20-14)23(3)15-10-19(11-15)6-8-24(12-19)18(25)16-5-4-7-22(16)2/h4-5,7,9,13,15H,6,8,10-12H2,1-3H3. The summed E-state index contributed by atoms with van der Waals surface area (Å²) in [6.45, 7) is 3.74. The number of carbonyl (C=O) groups is 1. The first-order valence-corrected chi connectivity index (χ1v) is 8.90. The Balaban J connectivity index is 1.39. The van der Waals surface area contributed by atoms with Gasteiger partial charge in [0, 0.05) is 51.2 Å². The zero-order valence-electron chi connectivity index (χ0n) is 15.1. The van der Waals surface area contributed by atoms with E-state index in [-0.39, 0.29) is 5.91 Å². The first-order chi connectivity index (χ1) is 12.0. The summed E-state index contributed by atoms with van der Waals surface area (Å²) in [5.41, 5.74) is 2.06. The zero-order chi connectivity index (χ0) is 17.6. The van der Waals surface area contributed by atoms with Crippen LogP contribution in [0.4, 0.5) is 5.82 Å². The molecule has 6 nitrogen and oxygen atoms in total. The predicted octanol–water partition coefficient (Wildman–Crippen LogP) is 2.25. The first kappa shape index (κ1) is 16.1. The third kappa shape index (κ3) is 2.79. The minimum Gasteiger partial charge on any atom is -0.357 e. The van der Waals surface area contributed by atoms with E-state index in [1.807, 2.05) is 47.8 Å². The van der Waals surface area contributed by atoms with Crippen LogP contribution >= 0.6 is 0 Å². The molecule has 2 aromatic heterocycles. The number of amides is 1. The van der Waals surface area contributed by atoms with Gasteiger partial charge in [-0.25, -0.2) is 9.97 Å². The fraction of sp³-hybridized carbons (Fsp3) is 0.526. The van der Waals surface area contributed by atoms with Gasteiger partial charge >= 0.3 is 0 Å². The molecule has 1 spiro atoms. The molecule has 1 aliphatic carbocycles. The number of aryl methyl sites for hydroxylation is 2. The second kappa shape index (κ2) is 5.86. The van der Waals surface area contributed by atoms with Gasteiger partial charge in [-0.05, 0) is 43.7 Å². The maximum atomic E-state index is 12.7. The summed E-state index contributed by atoms with van der Waals surface area (Å²) >= 11 is 0. The Morgan fingerprint density at radius 2 is 2.16 bits per heavy atom. The topological polar surface area (TPSA) is 54.3 Å². The van der Waals surface area contributed by atoms with Crippen LogP contribution in [0.5, 0.6) is 0 Å². The Morgan fingerprint density at radius 1 is 1.36 bits per heavy atom. The van der Waals surface area contributed by atoms with E-state index in [2.05, 4.69) is 21.9 Å². The highest BCUT2D eigenvalue weighted by atomic mass is 16.2. The molecule has 4 rings (SSSR count). The maximum absolute atomic E-state index is 12.7. The summed E-state index contributed by atoms with van der Waals surface area (Å²) in [6, 6.07) is 6.36. The van der Waals surface area contributed by atoms with Crippen LogP contribution in [0.15, 0.2) is 30.7 Å². The van der Waals surface area contributed by atoms with Crippen molar-refractivity contribution in [2.75, 3.05) is 25.0 Å². The number of rotatable bonds is 3. The van der Waals surface area contributed by atoms with Crippen molar-refractivity contribution in [2.24, 2.45) is 12.5 Å². The molecular formula is C19H25N5O. The number of hydrogen-bond donors (Lipinski definition) is 0. The van der Waals surface area contributed by atoms with Gasteiger partial charge in [0.25, 0.3) is 5.91 Å². The molecule has 0 bridgehead atoms. The lowest BCUT2D eigenvalue weighted by Gasteiger charge is -2.49. The molecule has 25 heavy (non-hydrogen) atoms. The van der Waals surface area contributed by atoms with Crippen LogP contribution in [0.25, 0.3) is 0 Å². The molecule has 2 fully saturated rings.